The van der Waals surface area contributed by atoms with E-state index in [1.54, 1.807) is 0 Å². The van der Waals surface area contributed by atoms with Crippen molar-refractivity contribution >= 4 is 11.6 Å². The highest BCUT2D eigenvalue weighted by Crippen LogP contribution is 2.08. The molecule has 2 heteroatoms. The normalized spacial score (nSPS) is 12.1. The van der Waals surface area contributed by atoms with Gasteiger partial charge in [0, 0.05) is 5.38 Å². The standard InChI is InChI=1S/C10H10ClN/c1-8(11)6-9-2-4-10(7-12)5-3-9/h2-5,8H,6H2,1H3. The summed E-state index contributed by atoms with van der Waals surface area (Å²) < 4.78 is 0. The summed E-state index contributed by atoms with van der Waals surface area (Å²) in [5.41, 5.74) is 1.87. The number of hydrogen-bond acceptors (Lipinski definition) is 1. The molecule has 0 heterocycles. The fourth-order valence-electron chi connectivity index (χ4n) is 1.04. The molecule has 1 aromatic carbocycles. The molecule has 0 aliphatic heterocycles. The molecule has 0 saturated carbocycles. The minimum absolute atomic E-state index is 0.151. The second kappa shape index (κ2) is 4.13. The summed E-state index contributed by atoms with van der Waals surface area (Å²) in [6.45, 7) is 1.96. The zero-order chi connectivity index (χ0) is 8.97. The quantitative estimate of drug-likeness (QED) is 0.641. The molecule has 1 nitrogen and oxygen atoms in total. The lowest BCUT2D eigenvalue weighted by molar-refractivity contribution is 0.931. The Morgan fingerprint density at radius 2 is 2.00 bits per heavy atom. The average molecular weight is 180 g/mol. The highest BCUT2D eigenvalue weighted by molar-refractivity contribution is 6.20. The Hall–Kier alpha value is -1.00. The molecular formula is C10H10ClN. The number of halogens is 1. The van der Waals surface area contributed by atoms with Gasteiger partial charge in [0.25, 0.3) is 0 Å². The zero-order valence-electron chi connectivity index (χ0n) is 6.92. The first-order valence-electron chi connectivity index (χ1n) is 3.85. The van der Waals surface area contributed by atoms with Gasteiger partial charge in [0.2, 0.25) is 0 Å². The Morgan fingerprint density at radius 1 is 1.42 bits per heavy atom. The van der Waals surface area contributed by atoms with Gasteiger partial charge in [-0.3, -0.25) is 0 Å². The third-order valence-electron chi connectivity index (χ3n) is 1.60. The zero-order valence-corrected chi connectivity index (χ0v) is 7.67. The predicted octanol–water partition coefficient (Wildman–Crippen LogP) is 2.73. The van der Waals surface area contributed by atoms with E-state index in [1.165, 1.54) is 5.56 Å². The summed E-state index contributed by atoms with van der Waals surface area (Å²) in [4.78, 5) is 0. The van der Waals surface area contributed by atoms with Crippen LogP contribution in [0.1, 0.15) is 18.1 Å². The first-order chi connectivity index (χ1) is 5.72. The Labute approximate surface area is 77.6 Å². The monoisotopic (exact) mass is 179 g/mol. The van der Waals surface area contributed by atoms with Crippen LogP contribution in [0.25, 0.3) is 0 Å². The van der Waals surface area contributed by atoms with Gasteiger partial charge in [-0.15, -0.1) is 11.6 Å². The van der Waals surface area contributed by atoms with E-state index in [-0.39, 0.29) is 5.38 Å². The van der Waals surface area contributed by atoms with Gasteiger partial charge in [0.1, 0.15) is 0 Å². The van der Waals surface area contributed by atoms with E-state index in [0.717, 1.165) is 6.42 Å². The van der Waals surface area contributed by atoms with Gasteiger partial charge in [0.05, 0.1) is 11.6 Å². The van der Waals surface area contributed by atoms with Gasteiger partial charge in [-0.05, 0) is 31.0 Å². The smallest absolute Gasteiger partial charge is 0.0991 e. The molecular weight excluding hydrogens is 170 g/mol. The Morgan fingerprint density at radius 3 is 2.42 bits per heavy atom. The van der Waals surface area contributed by atoms with Crippen LogP contribution in [0.3, 0.4) is 0 Å². The van der Waals surface area contributed by atoms with E-state index in [9.17, 15) is 0 Å². The van der Waals surface area contributed by atoms with Crippen LogP contribution in [0.4, 0.5) is 0 Å². The second-order valence-electron chi connectivity index (χ2n) is 2.79. The number of alkyl halides is 1. The summed E-state index contributed by atoms with van der Waals surface area (Å²) in [6, 6.07) is 9.59. The lowest BCUT2D eigenvalue weighted by atomic mass is 10.1. The van der Waals surface area contributed by atoms with Crippen molar-refractivity contribution < 1.29 is 0 Å². The second-order valence-corrected chi connectivity index (χ2v) is 3.54. The van der Waals surface area contributed by atoms with E-state index >= 15 is 0 Å². The van der Waals surface area contributed by atoms with E-state index in [2.05, 4.69) is 6.07 Å². The molecule has 0 spiro atoms. The molecule has 12 heavy (non-hydrogen) atoms. The van der Waals surface area contributed by atoms with Crippen LogP contribution in [-0.4, -0.2) is 5.38 Å². The van der Waals surface area contributed by atoms with E-state index < -0.39 is 0 Å². The third kappa shape index (κ3) is 2.56. The van der Waals surface area contributed by atoms with Crippen molar-refractivity contribution in [2.24, 2.45) is 0 Å². The molecule has 0 aromatic heterocycles. The van der Waals surface area contributed by atoms with Crippen LogP contribution in [0.2, 0.25) is 0 Å². The van der Waals surface area contributed by atoms with Gasteiger partial charge >= 0.3 is 0 Å². The van der Waals surface area contributed by atoms with Gasteiger partial charge < -0.3 is 0 Å². The van der Waals surface area contributed by atoms with Crippen LogP contribution in [-0.2, 0) is 6.42 Å². The Kier molecular flexibility index (Phi) is 3.13. The molecule has 0 aliphatic carbocycles. The van der Waals surface area contributed by atoms with Gasteiger partial charge in [-0.1, -0.05) is 12.1 Å². The lowest BCUT2D eigenvalue weighted by Crippen LogP contribution is -1.96. The Bertz CT molecular complexity index is 282. The maximum Gasteiger partial charge on any atom is 0.0991 e. The largest absolute Gasteiger partial charge is 0.192 e. The molecule has 0 fully saturated rings. The van der Waals surface area contributed by atoms with Crippen molar-refractivity contribution in [1.29, 1.82) is 5.26 Å². The summed E-state index contributed by atoms with van der Waals surface area (Å²) in [6.07, 6.45) is 0.854. The van der Waals surface area contributed by atoms with Crippen LogP contribution in [0.5, 0.6) is 0 Å². The highest BCUT2D eigenvalue weighted by atomic mass is 35.5. The van der Waals surface area contributed by atoms with Gasteiger partial charge in [-0.2, -0.15) is 5.26 Å². The van der Waals surface area contributed by atoms with Crippen molar-refractivity contribution in [3.63, 3.8) is 0 Å². The van der Waals surface area contributed by atoms with Crippen LogP contribution >= 0.6 is 11.6 Å². The number of hydrogen-bond donors (Lipinski definition) is 0. The topological polar surface area (TPSA) is 23.8 Å². The predicted molar refractivity (Wildman–Crippen MR) is 50.2 cm³/mol. The molecule has 1 unspecified atom stereocenters. The van der Waals surface area contributed by atoms with Crippen molar-refractivity contribution in [3.05, 3.63) is 35.4 Å². The van der Waals surface area contributed by atoms with E-state index in [0.29, 0.717) is 5.56 Å². The third-order valence-corrected chi connectivity index (χ3v) is 1.75. The molecule has 0 bridgehead atoms. The number of rotatable bonds is 2. The number of nitrogens with zero attached hydrogens (tertiary/aromatic N) is 1. The Balaban J connectivity index is 2.73. The minimum atomic E-state index is 0.151. The van der Waals surface area contributed by atoms with Crippen LogP contribution in [0, 0.1) is 11.3 Å². The molecule has 1 rings (SSSR count). The first-order valence-corrected chi connectivity index (χ1v) is 4.29. The van der Waals surface area contributed by atoms with Crippen molar-refractivity contribution in [2.75, 3.05) is 0 Å². The SMILES string of the molecule is CC(Cl)Cc1ccc(C#N)cc1. The first kappa shape index (κ1) is 9.09. The van der Waals surface area contributed by atoms with Gasteiger partial charge in [0.15, 0.2) is 0 Å². The van der Waals surface area contributed by atoms with Crippen LogP contribution in [0.15, 0.2) is 24.3 Å². The summed E-state index contributed by atoms with van der Waals surface area (Å²) in [7, 11) is 0. The maximum atomic E-state index is 8.53. The number of nitriles is 1. The summed E-state index contributed by atoms with van der Waals surface area (Å²) in [5.74, 6) is 0. The summed E-state index contributed by atoms with van der Waals surface area (Å²) >= 11 is 5.82. The lowest BCUT2D eigenvalue weighted by Gasteiger charge is -2.01. The van der Waals surface area contributed by atoms with Crippen LogP contribution < -0.4 is 0 Å². The number of benzene rings is 1. The van der Waals surface area contributed by atoms with Crippen molar-refractivity contribution in [3.8, 4) is 6.07 Å². The van der Waals surface area contributed by atoms with Gasteiger partial charge in [-0.25, -0.2) is 0 Å². The fourth-order valence-corrected chi connectivity index (χ4v) is 1.22. The maximum absolute atomic E-state index is 8.53. The summed E-state index contributed by atoms with van der Waals surface area (Å²) in [5, 5.41) is 8.69. The van der Waals surface area contributed by atoms with E-state index in [1.807, 2.05) is 31.2 Å². The molecule has 1 atom stereocenters. The molecule has 1 aromatic rings. The minimum Gasteiger partial charge on any atom is -0.192 e. The molecule has 0 N–H and O–H groups in total. The molecule has 62 valence electrons. The molecule has 0 saturated heterocycles. The highest BCUT2D eigenvalue weighted by Gasteiger charge is 1.98. The molecule has 0 radical (unpaired) electrons. The fraction of sp³-hybridized carbons (Fsp3) is 0.300. The van der Waals surface area contributed by atoms with E-state index in [4.69, 9.17) is 16.9 Å². The van der Waals surface area contributed by atoms with Crippen molar-refractivity contribution in [2.45, 2.75) is 18.7 Å². The molecule has 0 amide bonds. The molecule has 0 aliphatic rings. The van der Waals surface area contributed by atoms with Crippen molar-refractivity contribution in [1.82, 2.24) is 0 Å². The average Bonchev–Trinajstić information content (AvgIpc) is 2.05.